The monoisotopic (exact) mass is 192 g/mol. The molecule has 2 aliphatic rings. The zero-order valence-corrected chi connectivity index (χ0v) is 7.50. The maximum Gasteiger partial charge on any atom is 0.508 e. The van der Waals surface area contributed by atoms with Gasteiger partial charge in [-0.1, -0.05) is 21.6 Å². The molecule has 0 unspecified atom stereocenters. The highest BCUT2D eigenvalue weighted by atomic mass is 33.1. The van der Waals surface area contributed by atoms with E-state index < -0.39 is 6.16 Å². The van der Waals surface area contributed by atoms with E-state index in [4.69, 9.17) is 9.47 Å². The van der Waals surface area contributed by atoms with Crippen LogP contribution >= 0.6 is 21.6 Å². The molecule has 0 aromatic heterocycles. The van der Waals surface area contributed by atoms with E-state index >= 15 is 0 Å². The Kier molecular flexibility index (Phi) is 1.93. The molecule has 0 bridgehead atoms. The Hall–Kier alpha value is -0.0300. The molecule has 0 amide bonds. The Labute approximate surface area is 72.6 Å². The summed E-state index contributed by atoms with van der Waals surface area (Å²) in [6.07, 6.45) is -0.516. The molecule has 0 atom stereocenters. The molecule has 0 aromatic carbocycles. The van der Waals surface area contributed by atoms with Gasteiger partial charge in [0, 0.05) is 11.5 Å². The maximum atomic E-state index is 10.5. The van der Waals surface area contributed by atoms with Crippen LogP contribution in [0.5, 0.6) is 0 Å². The number of hydrogen-bond acceptors (Lipinski definition) is 5. The van der Waals surface area contributed by atoms with Gasteiger partial charge in [0.25, 0.3) is 0 Å². The van der Waals surface area contributed by atoms with Crippen molar-refractivity contribution in [2.75, 3.05) is 24.7 Å². The molecule has 2 fully saturated rings. The van der Waals surface area contributed by atoms with Crippen LogP contribution in [0.3, 0.4) is 0 Å². The molecule has 0 saturated carbocycles. The number of carbonyl (C=O) groups excluding carboxylic acids is 1. The second-order valence-electron chi connectivity index (χ2n) is 2.85. The molecule has 2 saturated heterocycles. The lowest BCUT2D eigenvalue weighted by molar-refractivity contribution is -0.0398. The second-order valence-corrected chi connectivity index (χ2v) is 5.31. The van der Waals surface area contributed by atoms with Crippen molar-refractivity contribution in [1.29, 1.82) is 0 Å². The van der Waals surface area contributed by atoms with Crippen LogP contribution < -0.4 is 0 Å². The number of rotatable bonds is 0. The predicted molar refractivity (Wildman–Crippen MR) is 44.6 cm³/mol. The van der Waals surface area contributed by atoms with E-state index in [1.165, 1.54) is 0 Å². The van der Waals surface area contributed by atoms with Crippen molar-refractivity contribution >= 4 is 27.7 Å². The average molecular weight is 192 g/mol. The first-order chi connectivity index (χ1) is 5.31. The van der Waals surface area contributed by atoms with E-state index in [-0.39, 0.29) is 5.41 Å². The fourth-order valence-electron chi connectivity index (χ4n) is 1.05. The first-order valence-corrected chi connectivity index (χ1v) is 5.84. The fourth-order valence-corrected chi connectivity index (χ4v) is 4.38. The molecule has 3 nitrogen and oxygen atoms in total. The summed E-state index contributed by atoms with van der Waals surface area (Å²) >= 11 is 0. The van der Waals surface area contributed by atoms with Crippen LogP contribution in [0.1, 0.15) is 0 Å². The zero-order valence-electron chi connectivity index (χ0n) is 5.87. The Balaban J connectivity index is 1.99. The van der Waals surface area contributed by atoms with E-state index in [0.717, 1.165) is 11.5 Å². The Bertz CT molecular complexity index is 165. The largest absolute Gasteiger partial charge is 0.508 e. The molecule has 11 heavy (non-hydrogen) atoms. The van der Waals surface area contributed by atoms with E-state index in [9.17, 15) is 4.79 Å². The van der Waals surface area contributed by atoms with E-state index in [2.05, 4.69) is 0 Å². The van der Waals surface area contributed by atoms with Gasteiger partial charge in [-0.05, 0) is 0 Å². The van der Waals surface area contributed by atoms with Crippen molar-refractivity contribution in [3.8, 4) is 0 Å². The fraction of sp³-hybridized carbons (Fsp3) is 0.833. The van der Waals surface area contributed by atoms with Gasteiger partial charge in [0.2, 0.25) is 0 Å². The smallest absolute Gasteiger partial charge is 0.433 e. The lowest BCUT2D eigenvalue weighted by Gasteiger charge is -2.29. The van der Waals surface area contributed by atoms with Crippen LogP contribution in [-0.4, -0.2) is 30.9 Å². The van der Waals surface area contributed by atoms with Crippen LogP contribution in [0.2, 0.25) is 0 Å². The van der Waals surface area contributed by atoms with Gasteiger partial charge in [-0.25, -0.2) is 4.79 Å². The van der Waals surface area contributed by atoms with Gasteiger partial charge >= 0.3 is 6.16 Å². The molecule has 62 valence electrons. The standard InChI is InChI=1S/C6H8O3S2/c7-5-8-1-6(2-9-5)3-10-11-4-6/h1-4H2. The molecule has 5 heteroatoms. The van der Waals surface area contributed by atoms with Crippen molar-refractivity contribution in [3.05, 3.63) is 0 Å². The topological polar surface area (TPSA) is 35.5 Å². The minimum absolute atomic E-state index is 0.114. The number of hydrogen-bond donors (Lipinski definition) is 0. The molecule has 1 spiro atoms. The van der Waals surface area contributed by atoms with Gasteiger partial charge in [-0.3, -0.25) is 0 Å². The highest BCUT2D eigenvalue weighted by Gasteiger charge is 2.41. The zero-order chi connectivity index (χ0) is 7.73. The molecule has 0 N–H and O–H groups in total. The highest BCUT2D eigenvalue weighted by Crippen LogP contribution is 2.44. The van der Waals surface area contributed by atoms with Crippen molar-refractivity contribution in [2.24, 2.45) is 5.41 Å². The minimum Gasteiger partial charge on any atom is -0.433 e. The lowest BCUT2D eigenvalue weighted by atomic mass is 9.95. The Morgan fingerprint density at radius 3 is 2.27 bits per heavy atom. The summed E-state index contributed by atoms with van der Waals surface area (Å²) in [6.45, 7) is 1.07. The quantitative estimate of drug-likeness (QED) is 0.429. The van der Waals surface area contributed by atoms with Crippen LogP contribution in [0.4, 0.5) is 4.79 Å². The molecule has 0 aromatic rings. The third-order valence-corrected chi connectivity index (χ3v) is 4.64. The van der Waals surface area contributed by atoms with Crippen LogP contribution in [0.15, 0.2) is 0 Å². The second kappa shape index (κ2) is 2.79. The van der Waals surface area contributed by atoms with Gasteiger partial charge in [0.15, 0.2) is 0 Å². The van der Waals surface area contributed by atoms with Gasteiger partial charge in [0.1, 0.15) is 13.2 Å². The lowest BCUT2D eigenvalue weighted by Crippen LogP contribution is -2.41. The van der Waals surface area contributed by atoms with E-state index in [1.807, 2.05) is 21.6 Å². The van der Waals surface area contributed by atoms with E-state index in [0.29, 0.717) is 13.2 Å². The third-order valence-electron chi connectivity index (χ3n) is 1.81. The van der Waals surface area contributed by atoms with Gasteiger partial charge in [0.05, 0.1) is 5.41 Å². The Morgan fingerprint density at radius 2 is 1.73 bits per heavy atom. The molecule has 0 aliphatic carbocycles. The number of ether oxygens (including phenoxy) is 2. The maximum absolute atomic E-state index is 10.5. The van der Waals surface area contributed by atoms with E-state index in [1.54, 1.807) is 0 Å². The first kappa shape index (κ1) is 7.61. The van der Waals surface area contributed by atoms with Crippen molar-refractivity contribution < 1.29 is 14.3 Å². The van der Waals surface area contributed by atoms with Gasteiger partial charge in [-0.15, -0.1) is 0 Å². The summed E-state index contributed by atoms with van der Waals surface area (Å²) in [5.41, 5.74) is 0.114. The number of cyclic esters (lactones) is 2. The van der Waals surface area contributed by atoms with Crippen molar-refractivity contribution in [2.45, 2.75) is 0 Å². The van der Waals surface area contributed by atoms with Crippen LogP contribution in [0.25, 0.3) is 0 Å². The molecular formula is C6H8O3S2. The van der Waals surface area contributed by atoms with Gasteiger partial charge < -0.3 is 9.47 Å². The molecule has 2 heterocycles. The summed E-state index contributed by atoms with van der Waals surface area (Å²) in [4.78, 5) is 10.5. The summed E-state index contributed by atoms with van der Waals surface area (Å²) in [6, 6.07) is 0. The Morgan fingerprint density at radius 1 is 1.18 bits per heavy atom. The normalized spacial score (nSPS) is 28.2. The summed E-state index contributed by atoms with van der Waals surface area (Å²) in [5.74, 6) is 2.07. The third kappa shape index (κ3) is 1.44. The van der Waals surface area contributed by atoms with Crippen LogP contribution in [0, 0.1) is 5.41 Å². The minimum atomic E-state index is -0.516. The van der Waals surface area contributed by atoms with Crippen molar-refractivity contribution in [1.82, 2.24) is 0 Å². The molecule has 2 aliphatic heterocycles. The average Bonchev–Trinajstić information content (AvgIpc) is 2.45. The summed E-state index contributed by atoms with van der Waals surface area (Å²) in [7, 11) is 3.65. The van der Waals surface area contributed by atoms with Crippen LogP contribution in [-0.2, 0) is 9.47 Å². The SMILES string of the molecule is O=C1OCC2(CO1)CSSC2. The molecular weight excluding hydrogens is 184 g/mol. The highest BCUT2D eigenvalue weighted by molar-refractivity contribution is 8.77. The first-order valence-electron chi connectivity index (χ1n) is 3.35. The molecule has 2 rings (SSSR count). The summed E-state index contributed by atoms with van der Waals surface area (Å²) < 4.78 is 9.66. The van der Waals surface area contributed by atoms with Gasteiger partial charge in [-0.2, -0.15) is 0 Å². The predicted octanol–water partition coefficient (Wildman–Crippen LogP) is 1.53. The molecule has 0 radical (unpaired) electrons. The van der Waals surface area contributed by atoms with Crippen molar-refractivity contribution in [3.63, 3.8) is 0 Å². The number of carbonyl (C=O) groups is 1. The summed E-state index contributed by atoms with van der Waals surface area (Å²) in [5, 5.41) is 0.